The van der Waals surface area contributed by atoms with Gasteiger partial charge in [0.2, 0.25) is 0 Å². The molecule has 0 aromatic rings. The van der Waals surface area contributed by atoms with Crippen LogP contribution in [0.4, 0.5) is 0 Å². The third kappa shape index (κ3) is 197. The second-order valence-corrected chi connectivity index (χ2v) is 2.73. The first-order valence-corrected chi connectivity index (χ1v) is 3.19. The second kappa shape index (κ2) is 8.18. The Labute approximate surface area is 74.6 Å². The van der Waals surface area contributed by atoms with Gasteiger partial charge in [-0.15, -0.1) is 0 Å². The summed E-state index contributed by atoms with van der Waals surface area (Å²) in [4.78, 5) is 0. The van der Waals surface area contributed by atoms with Crippen LogP contribution in [0.25, 0.3) is 0 Å². The van der Waals surface area contributed by atoms with Crippen molar-refractivity contribution in [1.29, 1.82) is 0 Å². The Morgan fingerprint density at radius 3 is 1.38 bits per heavy atom. The fourth-order valence-electron chi connectivity index (χ4n) is 0. The van der Waals surface area contributed by atoms with Crippen LogP contribution < -0.4 is 6.15 Å². The number of hydrogen-bond donors (Lipinski definition) is 3. The van der Waals surface area contributed by atoms with Crippen molar-refractivity contribution in [2.24, 2.45) is 0 Å². The Morgan fingerprint density at radius 1 is 1.38 bits per heavy atom. The van der Waals surface area contributed by atoms with Crippen molar-refractivity contribution in [3.8, 4) is 0 Å². The Balaban J connectivity index is -0.0000000267. The maximum atomic E-state index is 9.05. The molecule has 8 heteroatoms. The molecule has 0 unspecified atom stereocenters. The zero-order valence-corrected chi connectivity index (χ0v) is 5.04. The minimum absolute atomic E-state index is 0. The molecule has 8 heavy (non-hydrogen) atoms. The predicted molar refractivity (Wildman–Crippen MR) is 36.3 cm³/mol. The summed E-state index contributed by atoms with van der Waals surface area (Å²) in [5, 5.41) is 0. The SMILES string of the molecule is N.O.O=S(=O)(O)S.[NaH]. The Kier molecular flexibility index (Phi) is 23.4. The molecule has 50 valence electrons. The summed E-state index contributed by atoms with van der Waals surface area (Å²) in [7, 11) is -3.97. The van der Waals surface area contributed by atoms with Crippen molar-refractivity contribution in [3.63, 3.8) is 0 Å². The van der Waals surface area contributed by atoms with Crippen molar-refractivity contribution in [1.82, 2.24) is 6.15 Å². The number of rotatable bonds is 0. The van der Waals surface area contributed by atoms with Crippen molar-refractivity contribution < 1.29 is 18.4 Å². The van der Waals surface area contributed by atoms with E-state index in [2.05, 4.69) is 11.7 Å². The molecule has 0 aromatic heterocycles. The van der Waals surface area contributed by atoms with Crippen LogP contribution in [-0.4, -0.2) is 48.0 Å². The van der Waals surface area contributed by atoms with Gasteiger partial charge in [0.05, 0.1) is 0 Å². The third-order valence-electron chi connectivity index (χ3n) is 0. The molecule has 0 rings (SSSR count). The molecule has 0 radical (unpaired) electrons. The monoisotopic (exact) mass is 173 g/mol. The zero-order valence-electron chi connectivity index (χ0n) is 3.33. The molecular weight excluding hydrogens is 165 g/mol. The van der Waals surface area contributed by atoms with Gasteiger partial charge in [-0.05, 0) is 11.7 Å². The van der Waals surface area contributed by atoms with Crippen molar-refractivity contribution in [2.75, 3.05) is 0 Å². The molecule has 6 N–H and O–H groups in total. The van der Waals surface area contributed by atoms with Gasteiger partial charge in [0.25, 0.3) is 0 Å². The van der Waals surface area contributed by atoms with Crippen LogP contribution in [0.15, 0.2) is 0 Å². The molecule has 0 bridgehead atoms. The predicted octanol–water partition coefficient (Wildman–Crippen LogP) is -1.59. The van der Waals surface area contributed by atoms with Gasteiger partial charge in [0.15, 0.2) is 0 Å². The molecule has 0 aliphatic heterocycles. The van der Waals surface area contributed by atoms with Crippen LogP contribution in [0.3, 0.4) is 0 Å². The first kappa shape index (κ1) is 22.9. The quantitative estimate of drug-likeness (QED) is 0.177. The van der Waals surface area contributed by atoms with E-state index in [1.807, 2.05) is 0 Å². The molecule has 0 amide bonds. The van der Waals surface area contributed by atoms with Gasteiger partial charge in [0, 0.05) is 0 Å². The van der Waals surface area contributed by atoms with E-state index in [-0.39, 0.29) is 41.2 Å². The standard InChI is InChI=1S/H3N.Na.H2O3S2.H2O.H/c;;1-5(2,3)4;;/h1H3;;(H2,1,2,3,4);1H2;. The number of thiol groups is 1. The normalized spacial score (nSPS) is 7.25. The van der Waals surface area contributed by atoms with E-state index >= 15 is 0 Å². The van der Waals surface area contributed by atoms with Crippen LogP contribution in [-0.2, 0) is 9.15 Å². The van der Waals surface area contributed by atoms with Crippen LogP contribution in [0.1, 0.15) is 0 Å². The molecule has 0 aliphatic rings. The molecule has 5 nitrogen and oxygen atoms in total. The molecule has 0 spiro atoms. The minimum atomic E-state index is -3.97. The summed E-state index contributed by atoms with van der Waals surface area (Å²) in [5.74, 6) is 0. The van der Waals surface area contributed by atoms with E-state index in [9.17, 15) is 0 Å². The van der Waals surface area contributed by atoms with Gasteiger partial charge in [-0.3, -0.25) is 4.55 Å². The Bertz CT molecular complexity index is 97.2. The Morgan fingerprint density at radius 2 is 1.38 bits per heavy atom. The van der Waals surface area contributed by atoms with Crippen LogP contribution in [0.2, 0.25) is 0 Å². The van der Waals surface area contributed by atoms with Crippen molar-refractivity contribution in [3.05, 3.63) is 0 Å². The summed E-state index contributed by atoms with van der Waals surface area (Å²) in [6.07, 6.45) is 0. The summed E-state index contributed by atoms with van der Waals surface area (Å²) in [6, 6.07) is 0. The summed E-state index contributed by atoms with van der Waals surface area (Å²) >= 11 is 2.65. The first-order chi connectivity index (χ1) is 2.00. The summed E-state index contributed by atoms with van der Waals surface area (Å²) in [6.45, 7) is 0. The van der Waals surface area contributed by atoms with E-state index < -0.39 is 9.15 Å². The van der Waals surface area contributed by atoms with E-state index in [4.69, 9.17) is 13.0 Å². The molecule has 0 aliphatic carbocycles. The van der Waals surface area contributed by atoms with E-state index in [1.54, 1.807) is 0 Å². The summed E-state index contributed by atoms with van der Waals surface area (Å²) < 4.78 is 25.5. The van der Waals surface area contributed by atoms with E-state index in [0.29, 0.717) is 0 Å². The van der Waals surface area contributed by atoms with E-state index in [0.717, 1.165) is 0 Å². The van der Waals surface area contributed by atoms with Gasteiger partial charge in [-0.25, -0.2) is 0 Å². The number of hydrogen-bond acceptors (Lipinski definition) is 3. The molecular formula is H8NNaO4S2. The molecule has 0 heterocycles. The van der Waals surface area contributed by atoms with Gasteiger partial charge >= 0.3 is 38.7 Å². The van der Waals surface area contributed by atoms with Crippen LogP contribution in [0, 0.1) is 0 Å². The second-order valence-electron chi connectivity index (χ2n) is 0.448. The molecule has 0 aromatic carbocycles. The Hall–Kier alpha value is 1.18. The molecule has 0 saturated heterocycles. The molecule has 0 fully saturated rings. The van der Waals surface area contributed by atoms with Crippen LogP contribution in [0.5, 0.6) is 0 Å². The van der Waals surface area contributed by atoms with Gasteiger partial charge in [-0.2, -0.15) is 8.42 Å². The van der Waals surface area contributed by atoms with Gasteiger partial charge in [-0.1, -0.05) is 0 Å². The molecule has 0 saturated carbocycles. The van der Waals surface area contributed by atoms with Crippen LogP contribution >= 0.6 is 11.7 Å². The zero-order chi connectivity index (χ0) is 4.50. The van der Waals surface area contributed by atoms with Gasteiger partial charge < -0.3 is 11.6 Å². The van der Waals surface area contributed by atoms with Crippen molar-refractivity contribution in [2.45, 2.75) is 0 Å². The van der Waals surface area contributed by atoms with E-state index in [1.165, 1.54) is 0 Å². The maximum absolute atomic E-state index is 9.05. The average molecular weight is 173 g/mol. The fraction of sp³-hybridized carbons (Fsp3) is 0. The summed E-state index contributed by atoms with van der Waals surface area (Å²) in [5.41, 5.74) is 0. The average Bonchev–Trinajstić information content (AvgIpc) is 0.722. The topological polar surface area (TPSA) is 121 Å². The fourth-order valence-corrected chi connectivity index (χ4v) is 0. The third-order valence-corrected chi connectivity index (χ3v) is 0. The molecule has 0 atom stereocenters. The van der Waals surface area contributed by atoms with Gasteiger partial charge in [0.1, 0.15) is 0 Å². The van der Waals surface area contributed by atoms with Crippen molar-refractivity contribution >= 4 is 50.4 Å². The first-order valence-electron chi connectivity index (χ1n) is 0.698.